The monoisotopic (exact) mass is 444 g/mol. The van der Waals surface area contributed by atoms with E-state index in [1.165, 1.54) is 5.56 Å². The van der Waals surface area contributed by atoms with Crippen LogP contribution in [0.5, 0.6) is 0 Å². The maximum absolute atomic E-state index is 12.7. The Kier molecular flexibility index (Phi) is 7.18. The van der Waals surface area contributed by atoms with Gasteiger partial charge in [-0.3, -0.25) is 4.79 Å². The van der Waals surface area contributed by atoms with Crippen molar-refractivity contribution in [3.63, 3.8) is 0 Å². The Morgan fingerprint density at radius 1 is 0.941 bits per heavy atom. The Morgan fingerprint density at radius 2 is 1.68 bits per heavy atom. The van der Waals surface area contributed by atoms with Gasteiger partial charge in [-0.2, -0.15) is 10.5 Å². The highest BCUT2D eigenvalue weighted by atomic mass is 16.1. The molecule has 3 aromatic carbocycles. The average molecular weight is 445 g/mol. The molecule has 0 atom stereocenters. The number of aromatic nitrogens is 1. The Bertz CT molecular complexity index is 1420. The van der Waals surface area contributed by atoms with Crippen LogP contribution in [0.15, 0.2) is 90.6 Å². The highest BCUT2D eigenvalue weighted by molar-refractivity contribution is 6.04. The van der Waals surface area contributed by atoms with E-state index in [-0.39, 0.29) is 11.5 Å². The first-order valence-electron chi connectivity index (χ1n) is 11.2. The molecule has 1 aromatic heterocycles. The van der Waals surface area contributed by atoms with Gasteiger partial charge in [0.15, 0.2) is 0 Å². The van der Waals surface area contributed by atoms with Gasteiger partial charge < -0.3 is 9.88 Å². The number of fused-ring (bicyclic) bond motifs is 1. The molecule has 4 rings (SSSR count). The van der Waals surface area contributed by atoms with Crippen LogP contribution in [0.4, 0.5) is 0 Å². The van der Waals surface area contributed by atoms with Crippen molar-refractivity contribution in [3.05, 3.63) is 113 Å². The molecule has 0 aliphatic heterocycles. The first kappa shape index (κ1) is 22.6. The lowest BCUT2D eigenvalue weighted by atomic mass is 10.1. The highest BCUT2D eigenvalue weighted by Crippen LogP contribution is 2.25. The van der Waals surface area contributed by atoms with Gasteiger partial charge in [0.2, 0.25) is 0 Å². The molecule has 0 spiro atoms. The number of aryl methyl sites for hydroxylation is 1. The first-order chi connectivity index (χ1) is 16.7. The summed E-state index contributed by atoms with van der Waals surface area (Å²) < 4.78 is 2.05. The lowest BCUT2D eigenvalue weighted by Gasteiger charge is -2.07. The number of hydrogen-bond donors (Lipinski definition) is 1. The van der Waals surface area contributed by atoms with Gasteiger partial charge in [0.05, 0.1) is 11.6 Å². The molecule has 0 aliphatic carbocycles. The third-order valence-electron chi connectivity index (χ3n) is 5.73. The minimum absolute atomic E-state index is 0.0695. The van der Waals surface area contributed by atoms with Crippen molar-refractivity contribution < 1.29 is 4.79 Å². The Balaban J connectivity index is 1.52. The summed E-state index contributed by atoms with van der Waals surface area (Å²) >= 11 is 0. The summed E-state index contributed by atoms with van der Waals surface area (Å²) in [6.07, 6.45) is 5.23. The van der Waals surface area contributed by atoms with Crippen molar-refractivity contribution in [2.24, 2.45) is 0 Å². The molecule has 0 saturated heterocycles. The second-order valence-electron chi connectivity index (χ2n) is 8.01. The van der Waals surface area contributed by atoms with E-state index in [1.807, 2.05) is 77.5 Å². The van der Waals surface area contributed by atoms with Crippen molar-refractivity contribution >= 4 is 22.9 Å². The molecule has 0 bridgehead atoms. The second kappa shape index (κ2) is 10.8. The van der Waals surface area contributed by atoms with Crippen molar-refractivity contribution in [2.75, 3.05) is 6.54 Å². The first-order valence-corrected chi connectivity index (χ1v) is 11.2. The van der Waals surface area contributed by atoms with E-state index >= 15 is 0 Å². The topological polar surface area (TPSA) is 81.6 Å². The molecule has 0 fully saturated rings. The number of nitriles is 2. The van der Waals surface area contributed by atoms with Gasteiger partial charge in [0.1, 0.15) is 11.6 Å². The van der Waals surface area contributed by atoms with E-state index in [0.29, 0.717) is 18.7 Å². The normalized spacial score (nSPS) is 11.1. The van der Waals surface area contributed by atoms with Crippen molar-refractivity contribution in [1.82, 2.24) is 9.88 Å². The van der Waals surface area contributed by atoms with E-state index in [0.717, 1.165) is 34.9 Å². The van der Waals surface area contributed by atoms with Crippen LogP contribution < -0.4 is 5.32 Å². The lowest BCUT2D eigenvalue weighted by molar-refractivity contribution is -0.117. The number of para-hydroxylation sites is 1. The van der Waals surface area contributed by atoms with E-state index in [4.69, 9.17) is 0 Å². The predicted octanol–water partition coefficient (Wildman–Crippen LogP) is 5.22. The van der Waals surface area contributed by atoms with Crippen LogP contribution in [0.2, 0.25) is 0 Å². The number of benzene rings is 3. The van der Waals surface area contributed by atoms with Gasteiger partial charge in [-0.1, -0.05) is 66.7 Å². The van der Waals surface area contributed by atoms with Gasteiger partial charge in [0.25, 0.3) is 5.91 Å². The zero-order valence-electron chi connectivity index (χ0n) is 18.7. The summed E-state index contributed by atoms with van der Waals surface area (Å²) in [6, 6.07) is 29.8. The van der Waals surface area contributed by atoms with Crippen molar-refractivity contribution in [2.45, 2.75) is 19.4 Å². The summed E-state index contributed by atoms with van der Waals surface area (Å²) in [5, 5.41) is 22.9. The van der Waals surface area contributed by atoms with E-state index in [2.05, 4.69) is 23.5 Å². The summed E-state index contributed by atoms with van der Waals surface area (Å²) in [6.45, 7) is 1.02. The van der Waals surface area contributed by atoms with Crippen LogP contribution in [0.25, 0.3) is 17.0 Å². The maximum atomic E-state index is 12.7. The molecule has 1 heterocycles. The molecule has 166 valence electrons. The van der Waals surface area contributed by atoms with Crippen molar-refractivity contribution in [1.29, 1.82) is 10.5 Å². The molecule has 0 radical (unpaired) electrons. The standard InChI is InChI=1S/C29H24N4O/c30-18-23-12-4-5-13-24(23)20-33-21-26(27-14-6-7-15-28(27)33)17-25(19-31)29(34)32-16-8-11-22-9-2-1-3-10-22/h1-7,9-10,12-15,17,21H,8,11,16,20H2,(H,32,34)/b25-17-. The molecule has 1 N–H and O–H groups in total. The predicted molar refractivity (Wildman–Crippen MR) is 134 cm³/mol. The SMILES string of the molecule is N#C/C(=C/c1cn(Cc2ccccc2C#N)c2ccccc12)C(=O)NCCCc1ccccc1. The third kappa shape index (κ3) is 5.23. The van der Waals surface area contributed by atoms with E-state index in [1.54, 1.807) is 12.1 Å². The van der Waals surface area contributed by atoms with Gasteiger partial charge in [-0.05, 0) is 42.2 Å². The molecule has 5 heteroatoms. The quantitative estimate of drug-likeness (QED) is 0.230. The van der Waals surface area contributed by atoms with E-state index < -0.39 is 0 Å². The molecule has 1 amide bonds. The lowest BCUT2D eigenvalue weighted by Crippen LogP contribution is -2.25. The fraction of sp³-hybridized carbons (Fsp3) is 0.138. The van der Waals surface area contributed by atoms with Crippen LogP contribution in [0, 0.1) is 22.7 Å². The van der Waals surface area contributed by atoms with Crippen LogP contribution in [0.3, 0.4) is 0 Å². The fourth-order valence-electron chi connectivity index (χ4n) is 4.01. The molecule has 34 heavy (non-hydrogen) atoms. The molecule has 0 saturated carbocycles. The minimum atomic E-state index is -0.373. The molecule has 0 unspecified atom stereocenters. The minimum Gasteiger partial charge on any atom is -0.351 e. The maximum Gasteiger partial charge on any atom is 0.261 e. The van der Waals surface area contributed by atoms with Gasteiger partial charge in [-0.15, -0.1) is 0 Å². The summed E-state index contributed by atoms with van der Waals surface area (Å²) in [4.78, 5) is 12.7. The third-order valence-corrected chi connectivity index (χ3v) is 5.73. The van der Waals surface area contributed by atoms with Crippen LogP contribution >= 0.6 is 0 Å². The largest absolute Gasteiger partial charge is 0.351 e. The Hall–Kier alpha value is -4.61. The Morgan fingerprint density at radius 3 is 2.47 bits per heavy atom. The zero-order chi connectivity index (χ0) is 23.8. The molecular weight excluding hydrogens is 420 g/mol. The molecule has 4 aromatic rings. The number of nitrogens with one attached hydrogen (secondary N) is 1. The number of nitrogens with zero attached hydrogens (tertiary/aromatic N) is 3. The Labute approximate surface area is 199 Å². The molecule has 0 aliphatic rings. The second-order valence-corrected chi connectivity index (χ2v) is 8.01. The molecule has 5 nitrogen and oxygen atoms in total. The highest BCUT2D eigenvalue weighted by Gasteiger charge is 2.13. The smallest absolute Gasteiger partial charge is 0.261 e. The van der Waals surface area contributed by atoms with Gasteiger partial charge in [-0.25, -0.2) is 0 Å². The van der Waals surface area contributed by atoms with E-state index in [9.17, 15) is 15.3 Å². The van der Waals surface area contributed by atoms with Gasteiger partial charge in [0, 0.05) is 35.8 Å². The van der Waals surface area contributed by atoms with Gasteiger partial charge >= 0.3 is 0 Å². The summed E-state index contributed by atoms with van der Waals surface area (Å²) in [7, 11) is 0. The summed E-state index contributed by atoms with van der Waals surface area (Å²) in [5.41, 5.74) is 4.60. The summed E-state index contributed by atoms with van der Waals surface area (Å²) in [5.74, 6) is -0.373. The van der Waals surface area contributed by atoms with Crippen LogP contribution in [-0.2, 0) is 17.8 Å². The van der Waals surface area contributed by atoms with Crippen molar-refractivity contribution in [3.8, 4) is 12.1 Å². The molecular formula is C29H24N4O. The van der Waals surface area contributed by atoms with Crippen LogP contribution in [-0.4, -0.2) is 17.0 Å². The number of carbonyl (C=O) groups is 1. The fourth-order valence-corrected chi connectivity index (χ4v) is 4.01. The number of rotatable bonds is 8. The number of carbonyl (C=O) groups excluding carboxylic acids is 1. The average Bonchev–Trinajstić information content (AvgIpc) is 3.23. The van der Waals surface area contributed by atoms with Crippen LogP contribution in [0.1, 0.15) is 28.7 Å². The zero-order valence-corrected chi connectivity index (χ0v) is 18.7. The number of hydrogen-bond acceptors (Lipinski definition) is 3. The number of amides is 1.